The Kier molecular flexibility index (Phi) is 5.22. The molecule has 8 nitrogen and oxygen atoms in total. The van der Waals surface area contributed by atoms with Crippen LogP contribution >= 0.6 is 0 Å². The third-order valence-electron chi connectivity index (χ3n) is 6.93. The lowest BCUT2D eigenvalue weighted by Gasteiger charge is -2.34. The predicted molar refractivity (Wildman–Crippen MR) is 120 cm³/mol. The third kappa shape index (κ3) is 3.85. The Labute approximate surface area is 190 Å². The fourth-order valence-corrected chi connectivity index (χ4v) is 5.26. The summed E-state index contributed by atoms with van der Waals surface area (Å²) >= 11 is 0. The summed E-state index contributed by atoms with van der Waals surface area (Å²) in [5.41, 5.74) is 2.77. The molecular weight excluding hydrogens is 425 g/mol. The van der Waals surface area contributed by atoms with E-state index in [1.807, 2.05) is 6.07 Å². The monoisotopic (exact) mass is 451 g/mol. The highest BCUT2D eigenvalue weighted by Gasteiger charge is 2.31. The van der Waals surface area contributed by atoms with Gasteiger partial charge in [0, 0.05) is 43.2 Å². The number of piperidine rings is 1. The van der Waals surface area contributed by atoms with Gasteiger partial charge in [0.2, 0.25) is 0 Å². The van der Waals surface area contributed by atoms with Crippen LogP contribution in [-0.2, 0) is 13.1 Å². The Morgan fingerprint density at radius 3 is 2.76 bits per heavy atom. The smallest absolute Gasteiger partial charge is 0.269 e. The van der Waals surface area contributed by atoms with E-state index >= 15 is 0 Å². The highest BCUT2D eigenvalue weighted by molar-refractivity contribution is 5.80. The van der Waals surface area contributed by atoms with Gasteiger partial charge in [-0.25, -0.2) is 9.37 Å². The topological polar surface area (TPSA) is 81.5 Å². The molecule has 0 bridgehead atoms. The summed E-state index contributed by atoms with van der Waals surface area (Å²) < 4.78 is 27.6. The lowest BCUT2D eigenvalue weighted by Crippen LogP contribution is -2.43. The van der Waals surface area contributed by atoms with Crippen LogP contribution in [0, 0.1) is 5.82 Å². The molecular formula is C24H26FN5O3. The van der Waals surface area contributed by atoms with Gasteiger partial charge in [0.1, 0.15) is 19.0 Å². The van der Waals surface area contributed by atoms with Crippen molar-refractivity contribution in [3.63, 3.8) is 0 Å². The zero-order chi connectivity index (χ0) is 22.4. The Balaban J connectivity index is 1.06. The fourth-order valence-electron chi connectivity index (χ4n) is 5.26. The van der Waals surface area contributed by atoms with Crippen LogP contribution < -0.4 is 20.3 Å². The van der Waals surface area contributed by atoms with Crippen LogP contribution in [-0.4, -0.2) is 58.3 Å². The molecule has 2 aromatic heterocycles. The molecule has 172 valence electrons. The van der Waals surface area contributed by atoms with Crippen LogP contribution in [0.5, 0.6) is 11.5 Å². The van der Waals surface area contributed by atoms with Crippen molar-refractivity contribution in [2.75, 3.05) is 32.8 Å². The third-order valence-corrected chi connectivity index (χ3v) is 6.93. The maximum absolute atomic E-state index is 14.7. The summed E-state index contributed by atoms with van der Waals surface area (Å²) in [6.07, 6.45) is 5.09. The number of hydrogen-bond donors (Lipinski definition) is 1. The number of fused-ring (bicyclic) bond motifs is 1. The Morgan fingerprint density at radius 1 is 1.09 bits per heavy atom. The minimum Gasteiger partial charge on any atom is -0.486 e. The van der Waals surface area contributed by atoms with Crippen LogP contribution in [0.2, 0.25) is 0 Å². The molecule has 1 fully saturated rings. The normalized spacial score (nSPS) is 20.5. The first kappa shape index (κ1) is 20.6. The fraction of sp³-hybridized carbons (Fsp3) is 0.458. The average Bonchev–Trinajstić information content (AvgIpc) is 3.23. The van der Waals surface area contributed by atoms with Crippen molar-refractivity contribution in [2.45, 2.75) is 37.9 Å². The maximum Gasteiger partial charge on any atom is 0.269 e. The number of rotatable bonds is 5. The molecule has 9 heteroatoms. The minimum atomic E-state index is -0.241. The molecule has 3 aliphatic rings. The molecule has 0 amide bonds. The summed E-state index contributed by atoms with van der Waals surface area (Å²) in [6.45, 7) is 4.94. The van der Waals surface area contributed by atoms with E-state index in [9.17, 15) is 9.18 Å². The number of likely N-dealkylation sites (tertiary alicyclic amines) is 1. The van der Waals surface area contributed by atoms with Gasteiger partial charge in [0.25, 0.3) is 5.56 Å². The Morgan fingerprint density at radius 2 is 1.91 bits per heavy atom. The highest BCUT2D eigenvalue weighted by atomic mass is 19.1. The highest BCUT2D eigenvalue weighted by Crippen LogP contribution is 2.35. The van der Waals surface area contributed by atoms with Gasteiger partial charge in [-0.2, -0.15) is 0 Å². The van der Waals surface area contributed by atoms with Crippen LogP contribution in [0.25, 0.3) is 11.0 Å². The molecule has 3 aromatic rings. The van der Waals surface area contributed by atoms with Crippen LogP contribution in [0.3, 0.4) is 0 Å². The number of halogens is 1. The summed E-state index contributed by atoms with van der Waals surface area (Å²) in [5.74, 6) is 1.20. The predicted octanol–water partition coefficient (Wildman–Crippen LogP) is 2.05. The summed E-state index contributed by atoms with van der Waals surface area (Å²) in [6, 6.07) is 5.48. The molecule has 5 heterocycles. The summed E-state index contributed by atoms with van der Waals surface area (Å²) in [4.78, 5) is 23.3. The molecule has 33 heavy (non-hydrogen) atoms. The Bertz CT molecular complexity index is 1250. The molecule has 0 radical (unpaired) electrons. The zero-order valence-electron chi connectivity index (χ0n) is 18.3. The second-order valence-corrected chi connectivity index (χ2v) is 9.01. The first-order valence-electron chi connectivity index (χ1n) is 11.5. The van der Waals surface area contributed by atoms with Crippen molar-refractivity contribution in [1.82, 2.24) is 24.8 Å². The van der Waals surface area contributed by atoms with Gasteiger partial charge < -0.3 is 24.3 Å². The van der Waals surface area contributed by atoms with E-state index in [4.69, 9.17) is 9.47 Å². The van der Waals surface area contributed by atoms with E-state index < -0.39 is 0 Å². The van der Waals surface area contributed by atoms with Crippen molar-refractivity contribution in [2.24, 2.45) is 0 Å². The van der Waals surface area contributed by atoms with Gasteiger partial charge in [-0.05, 0) is 38.1 Å². The number of pyridine rings is 1. The average molecular weight is 452 g/mol. The number of aromatic nitrogens is 3. The number of ether oxygens (including phenoxy) is 2. The summed E-state index contributed by atoms with van der Waals surface area (Å²) in [7, 11) is 0. The van der Waals surface area contributed by atoms with E-state index in [-0.39, 0.29) is 17.3 Å². The van der Waals surface area contributed by atoms with E-state index in [0.29, 0.717) is 54.7 Å². The molecule has 0 aliphatic carbocycles. The standard InChI is InChI=1S/C24H26FN5O3/c25-18-1-2-19-24-23(18)15(14-30(24)22(31)12-28-19)13-29-5-3-16(4-6-29)26-10-17-9-20-21(11-27-17)33-8-7-32-20/h1-2,9,11-12,15-16,26H,3-8,10,13-14H2. The van der Waals surface area contributed by atoms with Gasteiger partial charge in [0.05, 0.1) is 29.1 Å². The van der Waals surface area contributed by atoms with E-state index in [1.54, 1.807) is 16.8 Å². The van der Waals surface area contributed by atoms with Crippen molar-refractivity contribution < 1.29 is 13.9 Å². The second-order valence-electron chi connectivity index (χ2n) is 9.01. The van der Waals surface area contributed by atoms with Gasteiger partial charge in [0.15, 0.2) is 11.5 Å². The zero-order valence-corrected chi connectivity index (χ0v) is 18.3. The SMILES string of the molecule is O=c1cnc2ccc(F)c3c2n1CC3CN1CCC(NCc2cc3c(cn2)OCCO3)CC1. The van der Waals surface area contributed by atoms with Crippen molar-refractivity contribution in [3.8, 4) is 11.5 Å². The van der Waals surface area contributed by atoms with Gasteiger partial charge in [-0.15, -0.1) is 0 Å². The van der Waals surface area contributed by atoms with Crippen LogP contribution in [0.15, 0.2) is 35.4 Å². The quantitative estimate of drug-likeness (QED) is 0.636. The molecule has 0 saturated carbocycles. The number of hydrogen-bond acceptors (Lipinski definition) is 7. The first-order chi connectivity index (χ1) is 16.2. The lowest BCUT2D eigenvalue weighted by molar-refractivity contribution is 0.170. The number of nitrogens with one attached hydrogen (secondary N) is 1. The molecule has 1 saturated heterocycles. The molecule has 3 aliphatic heterocycles. The van der Waals surface area contributed by atoms with E-state index in [0.717, 1.165) is 43.9 Å². The molecule has 1 N–H and O–H groups in total. The molecule has 1 atom stereocenters. The van der Waals surface area contributed by atoms with Crippen molar-refractivity contribution in [1.29, 1.82) is 0 Å². The number of nitrogens with zero attached hydrogens (tertiary/aromatic N) is 4. The van der Waals surface area contributed by atoms with Gasteiger partial charge >= 0.3 is 0 Å². The second kappa shape index (κ2) is 8.39. The van der Waals surface area contributed by atoms with Crippen LogP contribution in [0.4, 0.5) is 4.39 Å². The lowest BCUT2D eigenvalue weighted by atomic mass is 9.97. The van der Waals surface area contributed by atoms with Crippen LogP contribution in [0.1, 0.15) is 30.0 Å². The molecule has 1 unspecified atom stereocenters. The van der Waals surface area contributed by atoms with Gasteiger partial charge in [-0.1, -0.05) is 0 Å². The van der Waals surface area contributed by atoms with Crippen molar-refractivity contribution in [3.05, 3.63) is 58.0 Å². The van der Waals surface area contributed by atoms with Gasteiger partial charge in [-0.3, -0.25) is 9.78 Å². The Hall–Kier alpha value is -3.04. The molecule has 6 rings (SSSR count). The van der Waals surface area contributed by atoms with E-state index in [1.165, 1.54) is 12.3 Å². The summed E-state index contributed by atoms with van der Waals surface area (Å²) in [5, 5.41) is 3.61. The molecule has 1 aromatic carbocycles. The van der Waals surface area contributed by atoms with E-state index in [2.05, 4.69) is 20.2 Å². The largest absolute Gasteiger partial charge is 0.486 e. The van der Waals surface area contributed by atoms with Crippen molar-refractivity contribution >= 4 is 11.0 Å². The maximum atomic E-state index is 14.7. The minimum absolute atomic E-state index is 0.0305. The number of benzene rings is 1. The first-order valence-corrected chi connectivity index (χ1v) is 11.5. The molecule has 0 spiro atoms.